The van der Waals surface area contributed by atoms with Crippen LogP contribution >= 0.6 is 0 Å². The van der Waals surface area contributed by atoms with Gasteiger partial charge in [0.25, 0.3) is 0 Å². The lowest BCUT2D eigenvalue weighted by molar-refractivity contribution is 0.311. The van der Waals surface area contributed by atoms with Crippen LogP contribution in [-0.4, -0.2) is 36.6 Å². The summed E-state index contributed by atoms with van der Waals surface area (Å²) in [6, 6.07) is 27.9. The summed E-state index contributed by atoms with van der Waals surface area (Å²) in [5.41, 5.74) is 3.49. The Hall–Kier alpha value is -4.48. The molecule has 1 fully saturated rings. The Morgan fingerprint density at radius 3 is 1.92 bits per heavy atom. The molecule has 6 aromatic rings. The summed E-state index contributed by atoms with van der Waals surface area (Å²) in [6.07, 6.45) is 19.7. The summed E-state index contributed by atoms with van der Waals surface area (Å²) < 4.78 is 19.8. The zero-order chi connectivity index (χ0) is 32.8. The molecule has 3 heterocycles. The molecule has 0 radical (unpaired) electrons. The van der Waals surface area contributed by atoms with Gasteiger partial charge in [-0.25, -0.2) is 0 Å². The molecule has 1 saturated carbocycles. The van der Waals surface area contributed by atoms with E-state index >= 15 is 0 Å². The Morgan fingerprint density at radius 2 is 1.24 bits per heavy atom. The molecule has 3 aromatic carbocycles. The molecular formula is C41H41AlN4O3. The van der Waals surface area contributed by atoms with Crippen LogP contribution in [0.4, 0.5) is 0 Å². The molecule has 2 bridgehead atoms. The van der Waals surface area contributed by atoms with Crippen molar-refractivity contribution in [3.8, 4) is 17.2 Å². The molecule has 0 spiro atoms. The van der Waals surface area contributed by atoms with Gasteiger partial charge < -0.3 is 16.7 Å². The second-order valence-electron chi connectivity index (χ2n) is 13.3. The van der Waals surface area contributed by atoms with Gasteiger partial charge >= 0.3 is 15.1 Å². The van der Waals surface area contributed by atoms with E-state index in [1.165, 1.54) is 50.5 Å². The molecule has 7 nitrogen and oxygen atoms in total. The van der Waals surface area contributed by atoms with Gasteiger partial charge in [0.2, 0.25) is 0 Å². The lowest BCUT2D eigenvalue weighted by Gasteiger charge is -2.19. The fourth-order valence-corrected chi connectivity index (χ4v) is 8.98. The molecule has 3 atom stereocenters. The van der Waals surface area contributed by atoms with E-state index in [-0.39, 0.29) is 0 Å². The largest absolute Gasteiger partial charge is 1.20 e. The number of para-hydroxylation sites is 2. The van der Waals surface area contributed by atoms with Crippen molar-refractivity contribution in [1.82, 2.24) is 20.3 Å². The number of rotatable bonds is 15. The first-order valence-electron chi connectivity index (χ1n) is 17.7. The van der Waals surface area contributed by atoms with E-state index in [9.17, 15) is 0 Å². The molecule has 2 aliphatic carbocycles. The van der Waals surface area contributed by atoms with Gasteiger partial charge in [0.15, 0.2) is 0 Å². The molecule has 0 aliphatic heterocycles. The van der Waals surface area contributed by atoms with Gasteiger partial charge in [-0.05, 0) is 91.9 Å². The van der Waals surface area contributed by atoms with Crippen molar-refractivity contribution in [2.24, 2.45) is 17.8 Å². The first-order valence-corrected chi connectivity index (χ1v) is 19.1. The molecule has 3 unspecified atom stereocenters. The maximum absolute atomic E-state index is 6.67. The highest BCUT2D eigenvalue weighted by molar-refractivity contribution is 6.40. The lowest BCUT2D eigenvalue weighted by Crippen LogP contribution is -2.37. The Labute approximate surface area is 292 Å². The minimum Gasteiger partial charge on any atom is -0.576 e. The van der Waals surface area contributed by atoms with Crippen LogP contribution in [0.25, 0.3) is 32.7 Å². The number of unbranched alkanes of at least 4 members (excludes halogenated alkanes) is 3. The Kier molecular flexibility index (Phi) is 9.70. The standard InChI is InChI=1S/C23H30N2O.2C9H7NO.Al/c26-22-11-10-20(21-7-5-13-25-23(21)22)16-24-12-4-2-1-3-6-18-14-17-8-9-19(18)15-17;2*11-8-5-1-3-7-4-2-6-10-9(7)8;/h5,7-11,13,17-19,24,26H,1-4,6,12,14-16H2;2*1-6,11H;/q;;;+3/p-3. The smallest absolute Gasteiger partial charge is 0.576 e. The van der Waals surface area contributed by atoms with Gasteiger partial charge in [0, 0.05) is 41.3 Å². The highest BCUT2D eigenvalue weighted by Crippen LogP contribution is 2.45. The van der Waals surface area contributed by atoms with Gasteiger partial charge in [-0.15, -0.1) is 0 Å². The van der Waals surface area contributed by atoms with Crippen molar-refractivity contribution < 1.29 is 11.4 Å². The lowest BCUT2D eigenvalue weighted by atomic mass is 9.88. The minimum absolute atomic E-state index is 0.615. The Balaban J connectivity index is 0.951. The van der Waals surface area contributed by atoms with E-state index in [2.05, 4.69) is 39.6 Å². The third-order valence-electron chi connectivity index (χ3n) is 10.1. The van der Waals surface area contributed by atoms with Gasteiger partial charge in [0.1, 0.15) is 33.8 Å². The quantitative estimate of drug-likeness (QED) is 0.0667. The van der Waals surface area contributed by atoms with Gasteiger partial charge in [-0.2, -0.15) is 0 Å². The highest BCUT2D eigenvalue weighted by atomic mass is 27.3. The summed E-state index contributed by atoms with van der Waals surface area (Å²) in [7, 11) is 0. The molecule has 0 saturated heterocycles. The molecule has 3 aromatic heterocycles. The van der Waals surface area contributed by atoms with Crippen LogP contribution < -0.4 is 16.7 Å². The minimum atomic E-state index is -2.94. The van der Waals surface area contributed by atoms with Crippen LogP contribution in [0.15, 0.2) is 116 Å². The van der Waals surface area contributed by atoms with E-state index in [4.69, 9.17) is 16.3 Å². The second kappa shape index (κ2) is 15.0. The summed E-state index contributed by atoms with van der Waals surface area (Å²) in [5.74, 6) is 4.57. The number of aromatic nitrogens is 3. The normalized spacial score (nSPS) is 18.0. The molecule has 1 N–H and O–H groups in total. The summed E-state index contributed by atoms with van der Waals surface area (Å²) in [6.45, 7) is 1.78. The number of allylic oxidation sites excluding steroid dienone is 2. The van der Waals surface area contributed by atoms with Crippen molar-refractivity contribution in [3.05, 3.63) is 121 Å². The van der Waals surface area contributed by atoms with E-state index in [0.29, 0.717) is 17.2 Å². The molecule has 49 heavy (non-hydrogen) atoms. The number of nitrogens with zero attached hydrogens (tertiary/aromatic N) is 3. The first kappa shape index (κ1) is 31.8. The van der Waals surface area contributed by atoms with Crippen LogP contribution in [0.1, 0.15) is 50.5 Å². The van der Waals surface area contributed by atoms with Crippen molar-refractivity contribution in [3.63, 3.8) is 0 Å². The fourth-order valence-electron chi connectivity index (χ4n) is 7.64. The zero-order valence-corrected chi connectivity index (χ0v) is 28.9. The van der Waals surface area contributed by atoms with Crippen molar-refractivity contribution in [2.75, 3.05) is 6.54 Å². The second-order valence-corrected chi connectivity index (χ2v) is 14.6. The number of nitrogens with one attached hydrogen (secondary N) is 1. The summed E-state index contributed by atoms with van der Waals surface area (Å²) in [5, 5.41) is 6.70. The third kappa shape index (κ3) is 7.28. The van der Waals surface area contributed by atoms with Crippen LogP contribution in [-0.2, 0) is 6.54 Å². The van der Waals surface area contributed by atoms with Crippen LogP contribution in [0, 0.1) is 17.8 Å². The zero-order valence-electron chi connectivity index (χ0n) is 27.7. The van der Waals surface area contributed by atoms with Crippen molar-refractivity contribution >= 4 is 47.9 Å². The number of hydrogen-bond acceptors (Lipinski definition) is 7. The van der Waals surface area contributed by atoms with Crippen LogP contribution in [0.3, 0.4) is 0 Å². The Bertz CT molecular complexity index is 2000. The molecule has 8 rings (SSSR count). The summed E-state index contributed by atoms with van der Waals surface area (Å²) in [4.78, 5) is 13.9. The number of benzene rings is 3. The van der Waals surface area contributed by atoms with E-state index in [1.54, 1.807) is 18.6 Å². The van der Waals surface area contributed by atoms with Gasteiger partial charge in [0.05, 0.1) is 0 Å². The van der Waals surface area contributed by atoms with Gasteiger partial charge in [-0.3, -0.25) is 15.0 Å². The van der Waals surface area contributed by atoms with Crippen LogP contribution in [0.2, 0.25) is 0 Å². The predicted octanol–water partition coefficient (Wildman–Crippen LogP) is 9.11. The fraction of sp³-hybridized carbons (Fsp3) is 0.293. The maximum atomic E-state index is 6.67. The number of fused-ring (bicyclic) bond motifs is 5. The number of hydrogen-bond donors (Lipinski definition) is 1. The average molecular weight is 665 g/mol. The van der Waals surface area contributed by atoms with E-state index in [1.807, 2.05) is 72.8 Å². The van der Waals surface area contributed by atoms with E-state index < -0.39 is 15.1 Å². The first-order chi connectivity index (χ1) is 24.3. The molecule has 0 amide bonds. The summed E-state index contributed by atoms with van der Waals surface area (Å²) >= 11 is -2.94. The highest BCUT2D eigenvalue weighted by Gasteiger charge is 2.46. The monoisotopic (exact) mass is 664 g/mol. The third-order valence-corrected chi connectivity index (χ3v) is 11.4. The van der Waals surface area contributed by atoms with Gasteiger partial charge in [-0.1, -0.05) is 79.9 Å². The van der Waals surface area contributed by atoms with Crippen LogP contribution in [0.5, 0.6) is 17.2 Å². The molecular weight excluding hydrogens is 623 g/mol. The predicted molar refractivity (Wildman–Crippen MR) is 197 cm³/mol. The topological polar surface area (TPSA) is 78.4 Å². The van der Waals surface area contributed by atoms with E-state index in [0.717, 1.165) is 63.6 Å². The number of pyridine rings is 3. The maximum Gasteiger partial charge on any atom is 1.20 e. The molecule has 2 aliphatic rings. The molecule has 246 valence electrons. The molecule has 8 heteroatoms. The van der Waals surface area contributed by atoms with Crippen molar-refractivity contribution in [2.45, 2.75) is 51.5 Å². The van der Waals surface area contributed by atoms with Crippen molar-refractivity contribution in [1.29, 1.82) is 0 Å². The average Bonchev–Trinajstić information content (AvgIpc) is 3.78. The Morgan fingerprint density at radius 1 is 0.612 bits per heavy atom. The SMILES string of the molecule is C1=CC2CC1CC2CCCCCCNCc1ccc([O][Al]([O]c2cccc3cccnc23)[O]c2cccc3cccnc23)c2ncccc12.